The van der Waals surface area contributed by atoms with Crippen molar-refractivity contribution in [2.75, 3.05) is 13.2 Å². The average molecular weight is 492 g/mol. The van der Waals surface area contributed by atoms with E-state index in [-0.39, 0.29) is 17.9 Å². The van der Waals surface area contributed by atoms with Gasteiger partial charge in [0.05, 0.1) is 39.8 Å². The van der Waals surface area contributed by atoms with Crippen LogP contribution in [0, 0.1) is 6.92 Å². The fourth-order valence-corrected chi connectivity index (χ4v) is 4.75. The predicted molar refractivity (Wildman–Crippen MR) is 135 cm³/mol. The van der Waals surface area contributed by atoms with Crippen molar-refractivity contribution in [1.82, 2.24) is 15.3 Å². The lowest BCUT2D eigenvalue weighted by atomic mass is 9.92. The lowest BCUT2D eigenvalue weighted by Crippen LogP contribution is -2.36. The largest absolute Gasteiger partial charge is 0.379 e. The number of amides is 1. The van der Waals surface area contributed by atoms with Gasteiger partial charge in [0, 0.05) is 18.1 Å². The Balaban J connectivity index is 1.96. The van der Waals surface area contributed by atoms with E-state index in [1.807, 2.05) is 19.1 Å². The van der Waals surface area contributed by atoms with Crippen LogP contribution in [0.2, 0.25) is 10.0 Å². The molecule has 1 aromatic heterocycles. The number of rotatable bonds is 11. The number of benzene rings is 1. The van der Waals surface area contributed by atoms with Crippen molar-refractivity contribution in [1.29, 1.82) is 0 Å². The first-order chi connectivity index (χ1) is 16.0. The van der Waals surface area contributed by atoms with Crippen LogP contribution in [0.5, 0.6) is 0 Å². The second-order valence-corrected chi connectivity index (χ2v) is 9.62. The van der Waals surface area contributed by atoms with Crippen molar-refractivity contribution in [3.8, 4) is 11.3 Å². The van der Waals surface area contributed by atoms with Gasteiger partial charge in [-0.1, -0.05) is 81.3 Å². The van der Waals surface area contributed by atoms with Gasteiger partial charge < -0.3 is 10.1 Å². The minimum Gasteiger partial charge on any atom is -0.379 e. The zero-order chi connectivity index (χ0) is 23.8. The minimum atomic E-state index is -0.197. The second-order valence-electron chi connectivity index (χ2n) is 8.83. The molecule has 2 aromatic rings. The molecule has 1 N–H and O–H groups in total. The molecule has 1 aliphatic rings. The molecule has 1 aliphatic heterocycles. The summed E-state index contributed by atoms with van der Waals surface area (Å²) < 4.78 is 5.44. The average Bonchev–Trinajstić information content (AvgIpc) is 3.31. The number of carbonyl (C=O) groups is 1. The lowest BCUT2D eigenvalue weighted by Gasteiger charge is -2.21. The number of aryl methyl sites for hydroxylation is 1. The molecule has 2 atom stereocenters. The topological polar surface area (TPSA) is 64.1 Å². The first-order valence-corrected chi connectivity index (χ1v) is 12.9. The molecule has 2 unspecified atom stereocenters. The van der Waals surface area contributed by atoms with Crippen LogP contribution in [0.4, 0.5) is 0 Å². The van der Waals surface area contributed by atoms with Gasteiger partial charge in [-0.15, -0.1) is 0 Å². The Kier molecular flexibility index (Phi) is 9.96. The molecule has 180 valence electrons. The van der Waals surface area contributed by atoms with Gasteiger partial charge in [-0.3, -0.25) is 9.78 Å². The highest BCUT2D eigenvalue weighted by atomic mass is 35.5. The van der Waals surface area contributed by atoms with E-state index in [9.17, 15) is 4.79 Å². The zero-order valence-corrected chi connectivity index (χ0v) is 21.4. The number of nitrogens with zero attached hydrogens (tertiary/aromatic N) is 2. The lowest BCUT2D eigenvalue weighted by molar-refractivity contribution is 0.0922. The number of unbranched alkanes of at least 4 members (excludes halogenated alkanes) is 4. The Morgan fingerprint density at radius 1 is 1.18 bits per heavy atom. The van der Waals surface area contributed by atoms with Crippen LogP contribution >= 0.6 is 23.2 Å². The highest BCUT2D eigenvalue weighted by Crippen LogP contribution is 2.35. The van der Waals surface area contributed by atoms with Crippen molar-refractivity contribution in [3.63, 3.8) is 0 Å². The fraction of sp³-hybridized carbons (Fsp3) is 0.577. The third kappa shape index (κ3) is 6.68. The van der Waals surface area contributed by atoms with E-state index in [2.05, 4.69) is 19.2 Å². The SMILES string of the molecule is CCCCCCCC(CC)c1nc(C)c(-c2cccc(Cl)c2Cl)nc1C(=O)NC1CCOC1. The monoisotopic (exact) mass is 491 g/mol. The van der Waals surface area contributed by atoms with Crippen LogP contribution in [0.25, 0.3) is 11.3 Å². The van der Waals surface area contributed by atoms with Crippen LogP contribution in [0.1, 0.15) is 93.0 Å². The highest BCUT2D eigenvalue weighted by molar-refractivity contribution is 6.43. The van der Waals surface area contributed by atoms with Gasteiger partial charge in [-0.2, -0.15) is 0 Å². The molecule has 2 heterocycles. The van der Waals surface area contributed by atoms with Crippen LogP contribution in [-0.2, 0) is 4.74 Å². The van der Waals surface area contributed by atoms with Crippen molar-refractivity contribution in [2.24, 2.45) is 0 Å². The smallest absolute Gasteiger partial charge is 0.272 e. The van der Waals surface area contributed by atoms with Crippen molar-refractivity contribution >= 4 is 29.1 Å². The summed E-state index contributed by atoms with van der Waals surface area (Å²) in [5, 5.41) is 3.97. The molecule has 1 fully saturated rings. The molecule has 0 spiro atoms. The molecule has 1 saturated heterocycles. The van der Waals surface area contributed by atoms with Gasteiger partial charge >= 0.3 is 0 Å². The van der Waals surface area contributed by atoms with Gasteiger partial charge in [0.15, 0.2) is 5.69 Å². The Hall–Kier alpha value is -1.69. The molecule has 1 aromatic carbocycles. The number of ether oxygens (including phenoxy) is 1. The van der Waals surface area contributed by atoms with Gasteiger partial charge in [0.2, 0.25) is 0 Å². The van der Waals surface area contributed by atoms with Crippen molar-refractivity contribution in [3.05, 3.63) is 45.3 Å². The van der Waals surface area contributed by atoms with Crippen molar-refractivity contribution < 1.29 is 9.53 Å². The van der Waals surface area contributed by atoms with Crippen LogP contribution in [-0.4, -0.2) is 35.1 Å². The Morgan fingerprint density at radius 3 is 2.67 bits per heavy atom. The van der Waals surface area contributed by atoms with Gasteiger partial charge in [-0.25, -0.2) is 4.98 Å². The number of hydrogen-bond acceptors (Lipinski definition) is 4. The van der Waals surface area contributed by atoms with Crippen LogP contribution < -0.4 is 5.32 Å². The van der Waals surface area contributed by atoms with Crippen LogP contribution in [0.15, 0.2) is 18.2 Å². The van der Waals surface area contributed by atoms with E-state index in [0.29, 0.717) is 40.2 Å². The number of hydrogen-bond donors (Lipinski definition) is 1. The molecule has 0 aliphatic carbocycles. The Labute approximate surface area is 207 Å². The van der Waals surface area contributed by atoms with E-state index >= 15 is 0 Å². The Bertz CT molecular complexity index is 945. The molecule has 3 rings (SSSR count). The molecular formula is C26H35Cl2N3O2. The summed E-state index contributed by atoms with van der Waals surface area (Å²) in [4.78, 5) is 23.2. The van der Waals surface area contributed by atoms with E-state index in [1.165, 1.54) is 25.7 Å². The molecule has 33 heavy (non-hydrogen) atoms. The third-order valence-electron chi connectivity index (χ3n) is 6.32. The predicted octanol–water partition coefficient (Wildman–Crippen LogP) is 7.13. The zero-order valence-electron chi connectivity index (χ0n) is 19.9. The molecular weight excluding hydrogens is 457 g/mol. The summed E-state index contributed by atoms with van der Waals surface area (Å²) in [5.41, 5.74) is 3.20. The van der Waals surface area contributed by atoms with Crippen molar-refractivity contribution in [2.45, 2.75) is 84.1 Å². The molecule has 5 nitrogen and oxygen atoms in total. The van der Waals surface area contributed by atoms with E-state index < -0.39 is 0 Å². The normalized spacial score (nSPS) is 16.7. The van der Waals surface area contributed by atoms with Crippen LogP contribution in [0.3, 0.4) is 0 Å². The van der Waals surface area contributed by atoms with Gasteiger partial charge in [0.25, 0.3) is 5.91 Å². The maximum atomic E-state index is 13.4. The number of nitrogens with one attached hydrogen (secondary N) is 1. The minimum absolute atomic E-state index is 0.000723. The maximum absolute atomic E-state index is 13.4. The first-order valence-electron chi connectivity index (χ1n) is 12.2. The standard InChI is InChI=1S/C26H35Cl2N3O2/c1-4-6-7-8-9-11-18(5-2)24-25(26(32)30-19-14-15-33-16-19)31-23(17(3)29-24)20-12-10-13-21(27)22(20)28/h10,12-13,18-19H,4-9,11,14-16H2,1-3H3,(H,30,32). The second kappa shape index (κ2) is 12.7. The molecule has 1 amide bonds. The number of carbonyl (C=O) groups excluding carboxylic acids is 1. The first kappa shape index (κ1) is 25.9. The molecule has 0 radical (unpaired) electrons. The quantitative estimate of drug-likeness (QED) is 0.339. The highest BCUT2D eigenvalue weighted by Gasteiger charge is 2.27. The summed E-state index contributed by atoms with van der Waals surface area (Å²) in [6.45, 7) is 7.49. The number of halogens is 2. The summed E-state index contributed by atoms with van der Waals surface area (Å²) >= 11 is 12.7. The van der Waals surface area contributed by atoms with E-state index in [0.717, 1.165) is 37.1 Å². The fourth-order valence-electron chi connectivity index (χ4n) is 4.36. The summed E-state index contributed by atoms with van der Waals surface area (Å²) in [7, 11) is 0. The van der Waals surface area contributed by atoms with E-state index in [1.54, 1.807) is 6.07 Å². The summed E-state index contributed by atoms with van der Waals surface area (Å²) in [6.07, 6.45) is 8.78. The van der Waals surface area contributed by atoms with Gasteiger partial charge in [-0.05, 0) is 32.3 Å². The molecule has 0 saturated carbocycles. The molecule has 7 heteroatoms. The summed E-state index contributed by atoms with van der Waals surface area (Å²) in [5.74, 6) is -0.0147. The Morgan fingerprint density at radius 2 is 1.97 bits per heavy atom. The molecule has 0 bridgehead atoms. The summed E-state index contributed by atoms with van der Waals surface area (Å²) in [6, 6.07) is 5.44. The maximum Gasteiger partial charge on any atom is 0.272 e. The third-order valence-corrected chi connectivity index (χ3v) is 7.14. The van der Waals surface area contributed by atoms with Gasteiger partial charge in [0.1, 0.15) is 0 Å². The number of aromatic nitrogens is 2. The van der Waals surface area contributed by atoms with E-state index in [4.69, 9.17) is 37.9 Å².